The third-order valence-corrected chi connectivity index (χ3v) is 3.96. The number of alkyl halides is 6. The number of imide groups is 1. The standard InChI is InChI=1S/C17H11F6N3O3/c18-16(19,20)11-2-1-3-12(17(21,22)23)10(11)8-29-9-4-5-13(24-6-9)26-7-14(27)25-15(26)28/h1-6H,7-8H2,(H,25,27,28). The van der Waals surface area contributed by atoms with Crippen LogP contribution in [0.3, 0.4) is 0 Å². The number of carbonyl (C=O) groups excluding carboxylic acids is 2. The Labute approximate surface area is 159 Å². The number of aromatic nitrogens is 1. The van der Waals surface area contributed by atoms with Crippen LogP contribution in [0.1, 0.15) is 16.7 Å². The van der Waals surface area contributed by atoms with Crippen LogP contribution in [0.25, 0.3) is 0 Å². The van der Waals surface area contributed by atoms with Gasteiger partial charge in [0, 0.05) is 5.56 Å². The van der Waals surface area contributed by atoms with E-state index in [0.717, 1.165) is 11.1 Å². The van der Waals surface area contributed by atoms with Gasteiger partial charge in [-0.1, -0.05) is 6.07 Å². The number of carbonyl (C=O) groups is 2. The van der Waals surface area contributed by atoms with Crippen LogP contribution in [0.2, 0.25) is 0 Å². The second-order valence-electron chi connectivity index (χ2n) is 5.91. The van der Waals surface area contributed by atoms with Crippen LogP contribution >= 0.6 is 0 Å². The molecule has 3 amide bonds. The molecule has 2 heterocycles. The molecule has 1 aromatic carbocycles. The molecule has 0 spiro atoms. The SMILES string of the molecule is O=C1CN(c2ccc(OCc3c(C(F)(F)F)cccc3C(F)(F)F)cn2)C(=O)N1. The van der Waals surface area contributed by atoms with Gasteiger partial charge in [0.1, 0.15) is 24.7 Å². The van der Waals surface area contributed by atoms with Crippen molar-refractivity contribution in [2.24, 2.45) is 0 Å². The summed E-state index contributed by atoms with van der Waals surface area (Å²) in [5.74, 6) is -0.599. The van der Waals surface area contributed by atoms with E-state index < -0.39 is 47.6 Å². The van der Waals surface area contributed by atoms with Gasteiger partial charge in [-0.2, -0.15) is 26.3 Å². The van der Waals surface area contributed by atoms with Crippen molar-refractivity contribution in [2.75, 3.05) is 11.4 Å². The highest BCUT2D eigenvalue weighted by molar-refractivity contribution is 6.11. The van der Waals surface area contributed by atoms with Crippen molar-refractivity contribution < 1.29 is 40.7 Å². The first kappa shape index (κ1) is 20.4. The Morgan fingerprint density at radius 2 is 1.62 bits per heavy atom. The largest absolute Gasteiger partial charge is 0.487 e. The molecule has 1 aliphatic rings. The Balaban J connectivity index is 1.83. The van der Waals surface area contributed by atoms with Gasteiger partial charge in [-0.3, -0.25) is 15.0 Å². The van der Waals surface area contributed by atoms with Crippen molar-refractivity contribution in [1.82, 2.24) is 10.3 Å². The molecule has 1 fully saturated rings. The molecule has 12 heteroatoms. The highest BCUT2D eigenvalue weighted by Gasteiger charge is 2.40. The molecule has 1 aliphatic heterocycles. The summed E-state index contributed by atoms with van der Waals surface area (Å²) in [6.45, 7) is -1.27. The van der Waals surface area contributed by atoms with Crippen LogP contribution in [0.5, 0.6) is 5.75 Å². The number of anilines is 1. The quantitative estimate of drug-likeness (QED) is 0.605. The van der Waals surface area contributed by atoms with Crippen LogP contribution in [0.15, 0.2) is 36.5 Å². The minimum atomic E-state index is -5.00. The van der Waals surface area contributed by atoms with E-state index in [9.17, 15) is 35.9 Å². The lowest BCUT2D eigenvalue weighted by Gasteiger charge is -2.19. The molecule has 0 atom stereocenters. The van der Waals surface area contributed by atoms with Gasteiger partial charge < -0.3 is 4.74 Å². The molecular weight excluding hydrogens is 408 g/mol. The Kier molecular flexibility index (Phi) is 5.11. The Hall–Kier alpha value is -3.31. The fraction of sp³-hybridized carbons (Fsp3) is 0.235. The van der Waals surface area contributed by atoms with E-state index in [1.54, 1.807) is 0 Å². The second-order valence-corrected chi connectivity index (χ2v) is 5.91. The average molecular weight is 419 g/mol. The van der Waals surface area contributed by atoms with E-state index in [1.165, 1.54) is 12.1 Å². The maximum absolute atomic E-state index is 13.1. The number of ether oxygens (including phenoxy) is 1. The number of nitrogens with one attached hydrogen (secondary N) is 1. The van der Waals surface area contributed by atoms with E-state index in [0.29, 0.717) is 18.2 Å². The molecule has 3 rings (SSSR count). The van der Waals surface area contributed by atoms with Crippen LogP contribution in [0.4, 0.5) is 37.0 Å². The van der Waals surface area contributed by atoms with Gasteiger partial charge in [0.15, 0.2) is 0 Å². The molecular formula is C17H11F6N3O3. The predicted molar refractivity (Wildman–Crippen MR) is 85.9 cm³/mol. The molecule has 6 nitrogen and oxygen atoms in total. The van der Waals surface area contributed by atoms with Gasteiger partial charge in [0.05, 0.1) is 17.3 Å². The monoisotopic (exact) mass is 419 g/mol. The molecule has 29 heavy (non-hydrogen) atoms. The van der Waals surface area contributed by atoms with Crippen LogP contribution in [-0.2, 0) is 23.8 Å². The molecule has 1 N–H and O–H groups in total. The normalized spacial score (nSPS) is 14.9. The van der Waals surface area contributed by atoms with Crippen LogP contribution in [0, 0.1) is 0 Å². The molecule has 0 unspecified atom stereocenters. The second kappa shape index (κ2) is 7.26. The van der Waals surface area contributed by atoms with Gasteiger partial charge in [-0.05, 0) is 24.3 Å². The van der Waals surface area contributed by atoms with E-state index in [4.69, 9.17) is 4.74 Å². The zero-order valence-electron chi connectivity index (χ0n) is 14.3. The lowest BCUT2D eigenvalue weighted by molar-refractivity contribution is -0.145. The molecule has 0 saturated carbocycles. The number of nitrogens with zero attached hydrogens (tertiary/aromatic N) is 2. The summed E-state index contributed by atoms with van der Waals surface area (Å²) in [7, 11) is 0. The first-order valence-electron chi connectivity index (χ1n) is 7.93. The van der Waals surface area contributed by atoms with Crippen molar-refractivity contribution in [2.45, 2.75) is 19.0 Å². The summed E-state index contributed by atoms with van der Waals surface area (Å²) >= 11 is 0. The summed E-state index contributed by atoms with van der Waals surface area (Å²) in [4.78, 5) is 27.6. The highest BCUT2D eigenvalue weighted by atomic mass is 19.4. The smallest absolute Gasteiger partial charge is 0.416 e. The third-order valence-electron chi connectivity index (χ3n) is 3.96. The van der Waals surface area contributed by atoms with Gasteiger partial charge in [-0.25, -0.2) is 9.78 Å². The summed E-state index contributed by atoms with van der Waals surface area (Å²) in [5.41, 5.74) is -3.96. The van der Waals surface area contributed by atoms with E-state index in [1.807, 2.05) is 5.32 Å². The fourth-order valence-electron chi connectivity index (χ4n) is 2.67. The highest BCUT2D eigenvalue weighted by Crippen LogP contribution is 2.39. The molecule has 0 bridgehead atoms. The first-order chi connectivity index (χ1) is 13.5. The number of hydrogen-bond donors (Lipinski definition) is 1. The number of pyridine rings is 1. The summed E-state index contributed by atoms with van der Waals surface area (Å²) < 4.78 is 83.9. The zero-order valence-corrected chi connectivity index (χ0v) is 14.3. The minimum absolute atomic E-state index is 0.0624. The van der Waals surface area contributed by atoms with Gasteiger partial charge in [0.25, 0.3) is 0 Å². The Bertz CT molecular complexity index is 909. The molecule has 1 aromatic heterocycles. The van der Waals surface area contributed by atoms with Crippen LogP contribution in [-0.4, -0.2) is 23.5 Å². The summed E-state index contributed by atoms with van der Waals surface area (Å²) in [6.07, 6.45) is -8.98. The number of benzene rings is 1. The zero-order chi connectivity index (χ0) is 21.4. The Morgan fingerprint density at radius 3 is 2.07 bits per heavy atom. The van der Waals surface area contributed by atoms with Crippen molar-refractivity contribution in [3.63, 3.8) is 0 Å². The van der Waals surface area contributed by atoms with Gasteiger partial charge >= 0.3 is 18.4 Å². The first-order valence-corrected chi connectivity index (χ1v) is 7.93. The van der Waals surface area contributed by atoms with Crippen molar-refractivity contribution in [3.05, 3.63) is 53.2 Å². The van der Waals surface area contributed by atoms with E-state index in [-0.39, 0.29) is 18.1 Å². The molecule has 154 valence electrons. The molecule has 0 aliphatic carbocycles. The molecule has 2 aromatic rings. The number of hydrogen-bond acceptors (Lipinski definition) is 4. The minimum Gasteiger partial charge on any atom is -0.487 e. The van der Waals surface area contributed by atoms with Gasteiger partial charge in [-0.15, -0.1) is 0 Å². The Morgan fingerprint density at radius 1 is 1.00 bits per heavy atom. The van der Waals surface area contributed by atoms with Crippen LogP contribution < -0.4 is 15.0 Å². The lowest BCUT2D eigenvalue weighted by atomic mass is 10.0. The van der Waals surface area contributed by atoms with Crippen molar-refractivity contribution in [3.8, 4) is 5.75 Å². The summed E-state index contributed by atoms with van der Waals surface area (Å²) in [6, 6.07) is 3.50. The fourth-order valence-corrected chi connectivity index (χ4v) is 2.67. The number of urea groups is 1. The third kappa shape index (κ3) is 4.41. The number of halogens is 6. The lowest BCUT2D eigenvalue weighted by Crippen LogP contribution is -2.28. The molecule has 0 radical (unpaired) electrons. The van der Waals surface area contributed by atoms with Crippen molar-refractivity contribution >= 4 is 17.8 Å². The topological polar surface area (TPSA) is 71.5 Å². The van der Waals surface area contributed by atoms with Crippen molar-refractivity contribution in [1.29, 1.82) is 0 Å². The maximum atomic E-state index is 13.1. The predicted octanol–water partition coefficient (Wildman–Crippen LogP) is 3.75. The van der Waals surface area contributed by atoms with E-state index >= 15 is 0 Å². The average Bonchev–Trinajstić information content (AvgIpc) is 2.96. The molecule has 1 saturated heterocycles. The maximum Gasteiger partial charge on any atom is 0.416 e. The van der Waals surface area contributed by atoms with Gasteiger partial charge in [0.2, 0.25) is 5.91 Å². The van der Waals surface area contributed by atoms with E-state index in [2.05, 4.69) is 4.98 Å². The summed E-state index contributed by atoms with van der Waals surface area (Å²) in [5, 5.41) is 2.03. The number of amides is 3. The number of rotatable bonds is 4.